The van der Waals surface area contributed by atoms with Crippen LogP contribution in [0.3, 0.4) is 0 Å². The van der Waals surface area contributed by atoms with Crippen LogP contribution in [0.4, 0.5) is 0 Å². The van der Waals surface area contributed by atoms with Gasteiger partial charge < -0.3 is 0 Å². The summed E-state index contributed by atoms with van der Waals surface area (Å²) in [6.45, 7) is 0. The highest BCUT2D eigenvalue weighted by atomic mass is 14.5. The maximum absolute atomic E-state index is 2.38. The van der Waals surface area contributed by atoms with E-state index in [1.165, 1.54) is 54.0 Å². The summed E-state index contributed by atoms with van der Waals surface area (Å²) < 4.78 is 0. The van der Waals surface area contributed by atoms with Gasteiger partial charge in [-0.15, -0.1) is 0 Å². The van der Waals surface area contributed by atoms with Crippen LogP contribution in [0.15, 0.2) is 60.7 Å². The molecule has 0 radical (unpaired) electrons. The lowest BCUT2D eigenvalue weighted by Crippen LogP contribution is -2.28. The second-order valence-electron chi connectivity index (χ2n) is 6.90. The quantitative estimate of drug-likeness (QED) is 0.470. The Kier molecular flexibility index (Phi) is 2.52. The van der Waals surface area contributed by atoms with Gasteiger partial charge in [0.2, 0.25) is 0 Å². The number of fused-ring (bicyclic) bond motifs is 7. The molecule has 1 saturated carbocycles. The number of hydrogen-bond acceptors (Lipinski definition) is 0. The summed E-state index contributed by atoms with van der Waals surface area (Å²) in [5, 5.41) is 2.86. The molecule has 3 aromatic rings. The van der Waals surface area contributed by atoms with Gasteiger partial charge in [-0.25, -0.2) is 0 Å². The summed E-state index contributed by atoms with van der Waals surface area (Å²) in [6.07, 6.45) is 6.73. The first kappa shape index (κ1) is 12.5. The van der Waals surface area contributed by atoms with Crippen molar-refractivity contribution >= 4 is 10.8 Å². The van der Waals surface area contributed by atoms with Crippen LogP contribution < -0.4 is 0 Å². The Morgan fingerprint density at radius 2 is 1.41 bits per heavy atom. The van der Waals surface area contributed by atoms with E-state index in [9.17, 15) is 0 Å². The fourth-order valence-corrected chi connectivity index (χ4v) is 4.96. The van der Waals surface area contributed by atoms with Gasteiger partial charge in [0.05, 0.1) is 0 Å². The molecule has 22 heavy (non-hydrogen) atoms. The topological polar surface area (TPSA) is 0 Å². The third kappa shape index (κ3) is 1.48. The molecule has 2 aliphatic carbocycles. The van der Waals surface area contributed by atoms with E-state index in [-0.39, 0.29) is 5.41 Å². The Morgan fingerprint density at radius 1 is 0.636 bits per heavy atom. The molecule has 0 nitrogen and oxygen atoms in total. The molecule has 0 amide bonds. The molecule has 0 bridgehead atoms. The van der Waals surface area contributed by atoms with Crippen molar-refractivity contribution in [1.29, 1.82) is 0 Å². The van der Waals surface area contributed by atoms with Crippen molar-refractivity contribution in [3.63, 3.8) is 0 Å². The molecule has 0 aliphatic heterocycles. The Bertz CT molecular complexity index is 866. The zero-order chi connectivity index (χ0) is 14.6. The minimum absolute atomic E-state index is 0.269. The highest BCUT2D eigenvalue weighted by molar-refractivity contribution is 5.97. The number of hydrogen-bond donors (Lipinski definition) is 0. The number of benzene rings is 3. The first-order valence-electron chi connectivity index (χ1n) is 8.52. The van der Waals surface area contributed by atoms with Crippen LogP contribution in [0.1, 0.15) is 43.2 Å². The molecule has 1 spiro atoms. The molecule has 2 aliphatic rings. The van der Waals surface area contributed by atoms with Crippen molar-refractivity contribution in [2.24, 2.45) is 0 Å². The molecule has 0 aromatic heterocycles. The summed E-state index contributed by atoms with van der Waals surface area (Å²) >= 11 is 0. The zero-order valence-corrected chi connectivity index (χ0v) is 12.8. The third-order valence-corrected chi connectivity index (χ3v) is 5.85. The van der Waals surface area contributed by atoms with Crippen molar-refractivity contribution in [2.75, 3.05) is 0 Å². The van der Waals surface area contributed by atoms with E-state index >= 15 is 0 Å². The minimum atomic E-state index is 0.269. The van der Waals surface area contributed by atoms with E-state index < -0.39 is 0 Å². The summed E-state index contributed by atoms with van der Waals surface area (Å²) in [4.78, 5) is 0. The number of rotatable bonds is 0. The fourth-order valence-electron chi connectivity index (χ4n) is 4.96. The minimum Gasteiger partial charge on any atom is -0.0619 e. The fraction of sp³-hybridized carbons (Fsp3) is 0.273. The van der Waals surface area contributed by atoms with E-state index in [1.807, 2.05) is 0 Å². The Balaban J connectivity index is 1.93. The van der Waals surface area contributed by atoms with Gasteiger partial charge >= 0.3 is 0 Å². The summed E-state index contributed by atoms with van der Waals surface area (Å²) in [7, 11) is 0. The predicted molar refractivity (Wildman–Crippen MR) is 93.2 cm³/mol. The molecule has 0 atom stereocenters. The molecule has 1 fully saturated rings. The smallest absolute Gasteiger partial charge is 0.0221 e. The SMILES string of the molecule is c1ccc2c(c1)-c1ccc3ccccc3c1C21CCCCC1. The second kappa shape index (κ2) is 4.46. The normalized spacial score (nSPS) is 18.4. The highest BCUT2D eigenvalue weighted by Gasteiger charge is 2.44. The van der Waals surface area contributed by atoms with Gasteiger partial charge in [-0.05, 0) is 45.9 Å². The van der Waals surface area contributed by atoms with E-state index in [0.717, 1.165) is 0 Å². The second-order valence-corrected chi connectivity index (χ2v) is 6.90. The Labute approximate surface area is 131 Å². The van der Waals surface area contributed by atoms with Crippen LogP contribution >= 0.6 is 0 Å². The van der Waals surface area contributed by atoms with Crippen molar-refractivity contribution in [3.05, 3.63) is 71.8 Å². The molecular weight excluding hydrogens is 264 g/mol. The maximum atomic E-state index is 2.38. The van der Waals surface area contributed by atoms with E-state index in [0.29, 0.717) is 0 Å². The van der Waals surface area contributed by atoms with Crippen molar-refractivity contribution in [1.82, 2.24) is 0 Å². The summed E-state index contributed by atoms with van der Waals surface area (Å²) in [5.41, 5.74) is 6.43. The molecule has 0 heterocycles. The van der Waals surface area contributed by atoms with Gasteiger partial charge in [0.25, 0.3) is 0 Å². The molecule has 0 heteroatoms. The Morgan fingerprint density at radius 3 is 2.32 bits per heavy atom. The lowest BCUT2D eigenvalue weighted by Gasteiger charge is -2.36. The van der Waals surface area contributed by atoms with Gasteiger partial charge in [0.1, 0.15) is 0 Å². The molecule has 0 saturated heterocycles. The third-order valence-electron chi connectivity index (χ3n) is 5.85. The molecular formula is C22H20. The van der Waals surface area contributed by atoms with Gasteiger partial charge in [-0.2, -0.15) is 0 Å². The van der Waals surface area contributed by atoms with Crippen LogP contribution in [0.25, 0.3) is 21.9 Å². The molecule has 0 unspecified atom stereocenters. The van der Waals surface area contributed by atoms with Gasteiger partial charge in [0, 0.05) is 5.41 Å². The predicted octanol–water partition coefficient (Wildman–Crippen LogP) is 6.07. The molecule has 3 aromatic carbocycles. The van der Waals surface area contributed by atoms with E-state index in [4.69, 9.17) is 0 Å². The first-order valence-corrected chi connectivity index (χ1v) is 8.52. The van der Waals surface area contributed by atoms with E-state index in [1.54, 1.807) is 11.1 Å². The van der Waals surface area contributed by atoms with E-state index in [2.05, 4.69) is 60.7 Å². The van der Waals surface area contributed by atoms with Crippen molar-refractivity contribution in [2.45, 2.75) is 37.5 Å². The first-order chi connectivity index (χ1) is 10.9. The van der Waals surface area contributed by atoms with Crippen LogP contribution in [0.2, 0.25) is 0 Å². The van der Waals surface area contributed by atoms with Crippen LogP contribution in [-0.2, 0) is 5.41 Å². The lowest BCUT2D eigenvalue weighted by atomic mass is 9.67. The molecule has 5 rings (SSSR count). The standard InChI is InChI=1S/C22H20/c1-6-14-22(15-7-1)20-11-5-4-10-18(20)19-13-12-16-8-2-3-9-17(16)21(19)22/h2-5,8-13H,1,6-7,14-15H2. The summed E-state index contributed by atoms with van der Waals surface area (Å²) in [5.74, 6) is 0. The van der Waals surface area contributed by atoms with Crippen LogP contribution in [0.5, 0.6) is 0 Å². The molecule has 0 N–H and O–H groups in total. The van der Waals surface area contributed by atoms with Gasteiger partial charge in [-0.1, -0.05) is 79.9 Å². The average Bonchev–Trinajstić information content (AvgIpc) is 2.87. The largest absolute Gasteiger partial charge is 0.0619 e. The van der Waals surface area contributed by atoms with Crippen molar-refractivity contribution < 1.29 is 0 Å². The van der Waals surface area contributed by atoms with Gasteiger partial charge in [-0.3, -0.25) is 0 Å². The van der Waals surface area contributed by atoms with Gasteiger partial charge in [0.15, 0.2) is 0 Å². The monoisotopic (exact) mass is 284 g/mol. The highest BCUT2D eigenvalue weighted by Crippen LogP contribution is 2.57. The summed E-state index contributed by atoms with van der Waals surface area (Å²) in [6, 6.07) is 22.7. The zero-order valence-electron chi connectivity index (χ0n) is 12.8. The van der Waals surface area contributed by atoms with Crippen LogP contribution in [-0.4, -0.2) is 0 Å². The maximum Gasteiger partial charge on any atom is 0.0221 e. The van der Waals surface area contributed by atoms with Crippen molar-refractivity contribution in [3.8, 4) is 11.1 Å². The lowest BCUT2D eigenvalue weighted by molar-refractivity contribution is 0.355. The Hall–Kier alpha value is -2.08. The van der Waals surface area contributed by atoms with Crippen LogP contribution in [0, 0.1) is 0 Å². The molecule has 108 valence electrons. The average molecular weight is 284 g/mol.